The van der Waals surface area contributed by atoms with Crippen molar-refractivity contribution in [2.24, 2.45) is 5.92 Å². The van der Waals surface area contributed by atoms with Crippen LogP contribution in [0.1, 0.15) is 47.7 Å². The molecule has 1 aliphatic carbocycles. The average Bonchev–Trinajstić information content (AvgIpc) is 3.03. The van der Waals surface area contributed by atoms with Crippen molar-refractivity contribution < 1.29 is 14.7 Å². The highest BCUT2D eigenvalue weighted by Crippen LogP contribution is 2.27. The average molecular weight is 288 g/mol. The Morgan fingerprint density at radius 1 is 1.24 bits per heavy atom. The van der Waals surface area contributed by atoms with Crippen LogP contribution in [0.25, 0.3) is 0 Å². The lowest BCUT2D eigenvalue weighted by Gasteiger charge is -2.20. The lowest BCUT2D eigenvalue weighted by Crippen LogP contribution is -2.41. The summed E-state index contributed by atoms with van der Waals surface area (Å²) in [6.45, 7) is 3.26. The summed E-state index contributed by atoms with van der Waals surface area (Å²) in [6, 6.07) is 5.32. The van der Waals surface area contributed by atoms with Gasteiger partial charge >= 0.3 is 12.0 Å². The number of benzene rings is 1. The number of urea groups is 1. The summed E-state index contributed by atoms with van der Waals surface area (Å²) in [5, 5.41) is 12.1. The Balaban J connectivity index is 1.64. The predicted octanol–water partition coefficient (Wildman–Crippen LogP) is 2.60. The van der Waals surface area contributed by atoms with Gasteiger partial charge in [-0.15, -0.1) is 0 Å². The van der Waals surface area contributed by atoms with E-state index in [0.717, 1.165) is 24.0 Å². The first-order valence-corrected chi connectivity index (χ1v) is 7.43. The van der Waals surface area contributed by atoms with Crippen molar-refractivity contribution >= 4 is 12.0 Å². The van der Waals surface area contributed by atoms with E-state index in [1.54, 1.807) is 17.0 Å². The molecule has 2 amide bonds. The quantitative estimate of drug-likeness (QED) is 0.878. The Morgan fingerprint density at radius 3 is 2.67 bits per heavy atom. The number of fused-ring (bicyclic) bond motifs is 1. The summed E-state index contributed by atoms with van der Waals surface area (Å²) in [4.78, 5) is 25.0. The number of rotatable bonds is 2. The van der Waals surface area contributed by atoms with Gasteiger partial charge in [-0.1, -0.05) is 13.0 Å². The van der Waals surface area contributed by atoms with Crippen LogP contribution >= 0.6 is 0 Å². The summed E-state index contributed by atoms with van der Waals surface area (Å²) >= 11 is 0. The van der Waals surface area contributed by atoms with Gasteiger partial charge in [-0.2, -0.15) is 0 Å². The third-order valence-electron chi connectivity index (χ3n) is 4.49. The van der Waals surface area contributed by atoms with Gasteiger partial charge in [-0.3, -0.25) is 0 Å². The zero-order valence-electron chi connectivity index (χ0n) is 12.1. The van der Waals surface area contributed by atoms with E-state index in [1.165, 1.54) is 6.42 Å². The molecule has 0 spiro atoms. The van der Waals surface area contributed by atoms with Gasteiger partial charge in [0.05, 0.1) is 5.56 Å². The molecule has 0 bridgehead atoms. The number of carboxylic acids is 1. The van der Waals surface area contributed by atoms with Crippen LogP contribution in [0.2, 0.25) is 0 Å². The van der Waals surface area contributed by atoms with Gasteiger partial charge in [0, 0.05) is 19.1 Å². The molecule has 2 N–H and O–H groups in total. The Hall–Kier alpha value is -2.04. The van der Waals surface area contributed by atoms with E-state index in [1.807, 2.05) is 6.07 Å². The van der Waals surface area contributed by atoms with Crippen LogP contribution < -0.4 is 5.32 Å². The zero-order valence-corrected chi connectivity index (χ0v) is 12.1. The Kier molecular flexibility index (Phi) is 3.57. The van der Waals surface area contributed by atoms with Crippen LogP contribution in [0.4, 0.5) is 4.79 Å². The van der Waals surface area contributed by atoms with Gasteiger partial charge in [0.25, 0.3) is 0 Å². The number of hydrogen-bond acceptors (Lipinski definition) is 2. The minimum absolute atomic E-state index is 0.0397. The Bertz CT molecular complexity index is 585. The van der Waals surface area contributed by atoms with E-state index in [2.05, 4.69) is 12.2 Å². The van der Waals surface area contributed by atoms with Crippen molar-refractivity contribution in [2.75, 3.05) is 0 Å². The van der Waals surface area contributed by atoms with E-state index in [-0.39, 0.29) is 17.6 Å². The molecule has 5 nitrogen and oxygen atoms in total. The predicted molar refractivity (Wildman–Crippen MR) is 78.0 cm³/mol. The van der Waals surface area contributed by atoms with Gasteiger partial charge in [-0.05, 0) is 48.4 Å². The molecule has 112 valence electrons. The second-order valence-electron chi connectivity index (χ2n) is 6.21. The normalized spacial score (nSPS) is 24.0. The van der Waals surface area contributed by atoms with Gasteiger partial charge in [0.15, 0.2) is 0 Å². The van der Waals surface area contributed by atoms with Crippen molar-refractivity contribution in [1.82, 2.24) is 10.2 Å². The van der Waals surface area contributed by atoms with E-state index in [4.69, 9.17) is 5.11 Å². The first kappa shape index (κ1) is 13.9. The summed E-state index contributed by atoms with van der Waals surface area (Å²) in [6.07, 6.45) is 3.28. The second-order valence-corrected chi connectivity index (χ2v) is 6.21. The number of hydrogen-bond donors (Lipinski definition) is 2. The van der Waals surface area contributed by atoms with Crippen molar-refractivity contribution in [3.05, 3.63) is 34.9 Å². The summed E-state index contributed by atoms with van der Waals surface area (Å²) in [5.41, 5.74) is 2.25. The van der Waals surface area contributed by atoms with Gasteiger partial charge in [-0.25, -0.2) is 9.59 Å². The van der Waals surface area contributed by atoms with E-state index < -0.39 is 5.97 Å². The maximum atomic E-state index is 12.3. The van der Waals surface area contributed by atoms with E-state index >= 15 is 0 Å². The molecule has 5 heteroatoms. The van der Waals surface area contributed by atoms with Gasteiger partial charge < -0.3 is 15.3 Å². The maximum absolute atomic E-state index is 12.3. The monoisotopic (exact) mass is 288 g/mol. The summed E-state index contributed by atoms with van der Waals surface area (Å²) in [5.74, 6) is -0.246. The summed E-state index contributed by atoms with van der Waals surface area (Å²) in [7, 11) is 0. The number of nitrogens with one attached hydrogen (secondary N) is 1. The topological polar surface area (TPSA) is 69.6 Å². The molecule has 0 aromatic heterocycles. The minimum Gasteiger partial charge on any atom is -0.478 e. The molecule has 1 heterocycles. The molecule has 1 saturated carbocycles. The Labute approximate surface area is 123 Å². The highest BCUT2D eigenvalue weighted by Gasteiger charge is 2.28. The largest absolute Gasteiger partial charge is 0.478 e. The molecule has 2 aliphatic rings. The van der Waals surface area contributed by atoms with E-state index in [9.17, 15) is 9.59 Å². The van der Waals surface area contributed by atoms with Gasteiger partial charge in [0.2, 0.25) is 0 Å². The molecule has 0 radical (unpaired) electrons. The number of carboxylic acid groups (broad SMARTS) is 1. The molecule has 0 saturated heterocycles. The number of nitrogens with zero attached hydrogens (tertiary/aromatic N) is 1. The van der Waals surface area contributed by atoms with Crippen LogP contribution in [-0.2, 0) is 13.1 Å². The molecular formula is C16H20N2O3. The summed E-state index contributed by atoms with van der Waals surface area (Å²) < 4.78 is 0. The third kappa shape index (κ3) is 2.86. The highest BCUT2D eigenvalue weighted by atomic mass is 16.4. The van der Waals surface area contributed by atoms with Crippen LogP contribution in [0.3, 0.4) is 0 Å². The second kappa shape index (κ2) is 5.39. The lowest BCUT2D eigenvalue weighted by molar-refractivity contribution is 0.0696. The zero-order chi connectivity index (χ0) is 15.0. The van der Waals surface area contributed by atoms with E-state index in [0.29, 0.717) is 19.0 Å². The van der Waals surface area contributed by atoms with Crippen molar-refractivity contribution in [3.8, 4) is 0 Å². The highest BCUT2D eigenvalue weighted by molar-refractivity contribution is 5.88. The number of carbonyl (C=O) groups is 2. The molecule has 3 rings (SSSR count). The fraction of sp³-hybridized carbons (Fsp3) is 0.500. The first-order chi connectivity index (χ1) is 10.0. The standard InChI is InChI=1S/C16H20N2O3/c1-10-2-5-14(6-10)17-16(21)18-8-12-4-3-11(15(19)20)7-13(12)9-18/h3-4,7,10,14H,2,5-6,8-9H2,1H3,(H,17,21)(H,19,20). The minimum atomic E-state index is -0.930. The first-order valence-electron chi connectivity index (χ1n) is 7.43. The van der Waals surface area contributed by atoms with Crippen LogP contribution in [0.15, 0.2) is 18.2 Å². The smallest absolute Gasteiger partial charge is 0.335 e. The van der Waals surface area contributed by atoms with Crippen LogP contribution in [0.5, 0.6) is 0 Å². The fourth-order valence-corrected chi connectivity index (χ4v) is 3.28. The molecule has 1 fully saturated rings. The maximum Gasteiger partial charge on any atom is 0.335 e. The SMILES string of the molecule is CC1CCC(NC(=O)N2Cc3ccc(C(=O)O)cc3C2)C1. The van der Waals surface area contributed by atoms with Crippen LogP contribution in [-0.4, -0.2) is 28.0 Å². The molecule has 2 atom stereocenters. The molecule has 2 unspecified atom stereocenters. The fourth-order valence-electron chi connectivity index (χ4n) is 3.28. The molecular weight excluding hydrogens is 268 g/mol. The number of amides is 2. The number of aromatic carboxylic acids is 1. The van der Waals surface area contributed by atoms with Gasteiger partial charge in [0.1, 0.15) is 0 Å². The lowest BCUT2D eigenvalue weighted by atomic mass is 10.1. The molecule has 21 heavy (non-hydrogen) atoms. The Morgan fingerprint density at radius 2 is 2.00 bits per heavy atom. The van der Waals surface area contributed by atoms with Crippen molar-refractivity contribution in [2.45, 2.75) is 45.3 Å². The van der Waals surface area contributed by atoms with Crippen molar-refractivity contribution in [3.63, 3.8) is 0 Å². The molecule has 1 aromatic carbocycles. The molecule has 1 aromatic rings. The van der Waals surface area contributed by atoms with Crippen molar-refractivity contribution in [1.29, 1.82) is 0 Å². The number of carbonyl (C=O) groups excluding carboxylic acids is 1. The van der Waals surface area contributed by atoms with Crippen LogP contribution in [0, 0.1) is 5.92 Å². The third-order valence-corrected chi connectivity index (χ3v) is 4.49. The molecule has 1 aliphatic heterocycles.